The van der Waals surface area contributed by atoms with Gasteiger partial charge < -0.3 is 5.32 Å². The summed E-state index contributed by atoms with van der Waals surface area (Å²) >= 11 is 1.70. The molecule has 148 valence electrons. The van der Waals surface area contributed by atoms with Crippen LogP contribution in [0.1, 0.15) is 29.3 Å². The number of benzene rings is 1. The Kier molecular flexibility index (Phi) is 4.88. The number of anilines is 1. The molecule has 0 radical (unpaired) electrons. The van der Waals surface area contributed by atoms with Gasteiger partial charge in [0.05, 0.1) is 34.6 Å². The van der Waals surface area contributed by atoms with Crippen molar-refractivity contribution in [1.29, 1.82) is 0 Å². The van der Waals surface area contributed by atoms with Gasteiger partial charge in [0.2, 0.25) is 5.91 Å². The lowest BCUT2D eigenvalue weighted by Gasteiger charge is -2.15. The van der Waals surface area contributed by atoms with E-state index >= 15 is 0 Å². The van der Waals surface area contributed by atoms with E-state index in [2.05, 4.69) is 10.4 Å². The van der Waals surface area contributed by atoms with Gasteiger partial charge in [0, 0.05) is 29.2 Å². The standard InChI is InChI=1S/C17H18N4O5S2/c22-16(7-11-1-3-12(4-2-11)21(23)24)18-17-14-8-27-9-15(14)19-20(17)13-5-6-28(25,26)10-13/h1-4,13H,5-10H2,(H,18,22). The Balaban J connectivity index is 1.54. The van der Waals surface area contributed by atoms with E-state index in [1.54, 1.807) is 28.6 Å². The number of carbonyl (C=O) groups is 1. The van der Waals surface area contributed by atoms with Gasteiger partial charge in [-0.25, -0.2) is 13.1 Å². The lowest BCUT2D eigenvalue weighted by molar-refractivity contribution is -0.384. The fraction of sp³-hybridized carbons (Fsp3) is 0.412. The van der Waals surface area contributed by atoms with Crippen molar-refractivity contribution < 1.29 is 18.1 Å². The summed E-state index contributed by atoms with van der Waals surface area (Å²) in [4.78, 5) is 22.8. The van der Waals surface area contributed by atoms with Gasteiger partial charge >= 0.3 is 0 Å². The van der Waals surface area contributed by atoms with Crippen LogP contribution in [-0.2, 0) is 32.6 Å². The van der Waals surface area contributed by atoms with E-state index < -0.39 is 14.8 Å². The number of non-ortho nitro benzene ring substituents is 1. The Morgan fingerprint density at radius 2 is 2.07 bits per heavy atom. The zero-order chi connectivity index (χ0) is 19.9. The first-order chi connectivity index (χ1) is 13.3. The lowest BCUT2D eigenvalue weighted by atomic mass is 10.1. The first kappa shape index (κ1) is 18.9. The van der Waals surface area contributed by atoms with Crippen LogP contribution in [0.2, 0.25) is 0 Å². The molecule has 2 aromatic rings. The monoisotopic (exact) mass is 422 g/mol. The van der Waals surface area contributed by atoms with E-state index in [4.69, 9.17) is 0 Å². The summed E-state index contributed by atoms with van der Waals surface area (Å²) < 4.78 is 25.4. The third-order valence-corrected chi connectivity index (χ3v) is 7.62. The van der Waals surface area contributed by atoms with Crippen LogP contribution in [0.5, 0.6) is 0 Å². The van der Waals surface area contributed by atoms with E-state index in [1.165, 1.54) is 12.1 Å². The molecule has 11 heteroatoms. The minimum absolute atomic E-state index is 0.0282. The minimum Gasteiger partial charge on any atom is -0.310 e. The minimum atomic E-state index is -3.07. The first-order valence-corrected chi connectivity index (χ1v) is 11.7. The zero-order valence-corrected chi connectivity index (χ0v) is 16.5. The molecule has 9 nitrogen and oxygen atoms in total. The fourth-order valence-corrected chi connectivity index (χ4v) is 6.22. The van der Waals surface area contributed by atoms with Crippen LogP contribution in [0.3, 0.4) is 0 Å². The van der Waals surface area contributed by atoms with Crippen LogP contribution in [-0.4, -0.2) is 40.5 Å². The highest BCUT2D eigenvalue weighted by Crippen LogP contribution is 2.38. The molecule has 0 aliphatic carbocycles. The van der Waals surface area contributed by atoms with Crippen molar-refractivity contribution >= 4 is 39.0 Å². The summed E-state index contributed by atoms with van der Waals surface area (Å²) in [7, 11) is -3.07. The summed E-state index contributed by atoms with van der Waals surface area (Å²) in [5.41, 5.74) is 2.47. The molecule has 1 unspecified atom stereocenters. The first-order valence-electron chi connectivity index (χ1n) is 8.74. The molecule has 2 aliphatic rings. The van der Waals surface area contributed by atoms with E-state index in [9.17, 15) is 23.3 Å². The van der Waals surface area contributed by atoms with E-state index in [1.807, 2.05) is 0 Å². The van der Waals surface area contributed by atoms with Crippen LogP contribution in [0.4, 0.5) is 11.5 Å². The summed E-state index contributed by atoms with van der Waals surface area (Å²) in [5, 5.41) is 18.2. The van der Waals surface area contributed by atoms with Crippen molar-refractivity contribution in [1.82, 2.24) is 9.78 Å². The molecule has 0 spiro atoms. The number of amides is 1. The molecule has 4 rings (SSSR count). The van der Waals surface area contributed by atoms with E-state index in [0.717, 1.165) is 22.8 Å². The quantitative estimate of drug-likeness (QED) is 0.578. The predicted octanol–water partition coefficient (Wildman–Crippen LogP) is 2.08. The number of thioether (sulfide) groups is 1. The van der Waals surface area contributed by atoms with Crippen LogP contribution in [0, 0.1) is 10.1 Å². The molecule has 0 bridgehead atoms. The number of hydrogen-bond donors (Lipinski definition) is 1. The maximum atomic E-state index is 12.6. The third kappa shape index (κ3) is 3.76. The smallest absolute Gasteiger partial charge is 0.269 e. The highest BCUT2D eigenvalue weighted by Gasteiger charge is 2.34. The van der Waals surface area contributed by atoms with E-state index in [-0.39, 0.29) is 35.6 Å². The topological polar surface area (TPSA) is 124 Å². The molecule has 1 atom stereocenters. The van der Waals surface area contributed by atoms with Gasteiger partial charge in [0.25, 0.3) is 5.69 Å². The lowest BCUT2D eigenvalue weighted by Crippen LogP contribution is -2.21. The fourth-order valence-electron chi connectivity index (χ4n) is 3.50. The maximum Gasteiger partial charge on any atom is 0.269 e. The second-order valence-electron chi connectivity index (χ2n) is 6.92. The summed E-state index contributed by atoms with van der Waals surface area (Å²) in [6, 6.07) is 5.57. The van der Waals surface area contributed by atoms with Gasteiger partial charge in [0.1, 0.15) is 5.82 Å². The number of nitrogens with zero attached hydrogens (tertiary/aromatic N) is 3. The van der Waals surface area contributed by atoms with Gasteiger partial charge in [-0.1, -0.05) is 12.1 Å². The van der Waals surface area contributed by atoms with Crippen molar-refractivity contribution in [2.75, 3.05) is 16.8 Å². The molecule has 1 aromatic heterocycles. The number of aromatic nitrogens is 2. The number of carbonyl (C=O) groups excluding carboxylic acids is 1. The van der Waals surface area contributed by atoms with Crippen LogP contribution in [0.25, 0.3) is 0 Å². The van der Waals surface area contributed by atoms with Gasteiger partial charge in [-0.05, 0) is 12.0 Å². The zero-order valence-electron chi connectivity index (χ0n) is 14.8. The van der Waals surface area contributed by atoms with Crippen LogP contribution in [0.15, 0.2) is 24.3 Å². The summed E-state index contributed by atoms with van der Waals surface area (Å²) in [6.07, 6.45) is 0.551. The van der Waals surface area contributed by atoms with Crippen molar-refractivity contribution in [3.63, 3.8) is 0 Å². The van der Waals surface area contributed by atoms with Gasteiger partial charge in [-0.3, -0.25) is 14.9 Å². The molecule has 1 amide bonds. The largest absolute Gasteiger partial charge is 0.310 e. The van der Waals surface area contributed by atoms with Crippen molar-refractivity contribution in [2.45, 2.75) is 30.4 Å². The van der Waals surface area contributed by atoms with Crippen molar-refractivity contribution in [2.24, 2.45) is 0 Å². The Morgan fingerprint density at radius 1 is 1.32 bits per heavy atom. The highest BCUT2D eigenvalue weighted by molar-refractivity contribution is 7.98. The number of fused-ring (bicyclic) bond motifs is 1. The number of sulfone groups is 1. The van der Waals surface area contributed by atoms with E-state index in [0.29, 0.717) is 17.8 Å². The van der Waals surface area contributed by atoms with Gasteiger partial charge in [-0.15, -0.1) is 0 Å². The Bertz CT molecular complexity index is 1050. The molecule has 28 heavy (non-hydrogen) atoms. The molecular formula is C17H18N4O5S2. The number of rotatable bonds is 5. The number of nitro benzene ring substituents is 1. The van der Waals surface area contributed by atoms with Gasteiger partial charge in [0.15, 0.2) is 9.84 Å². The Labute approximate surface area is 165 Å². The predicted molar refractivity (Wildman–Crippen MR) is 105 cm³/mol. The third-order valence-electron chi connectivity index (χ3n) is 4.90. The Hall–Kier alpha value is -2.40. The molecule has 1 saturated heterocycles. The molecule has 3 heterocycles. The number of nitro groups is 1. The molecule has 1 N–H and O–H groups in total. The maximum absolute atomic E-state index is 12.6. The summed E-state index contributed by atoms with van der Waals surface area (Å²) in [5.74, 6) is 1.94. The highest BCUT2D eigenvalue weighted by atomic mass is 32.2. The van der Waals surface area contributed by atoms with Crippen molar-refractivity contribution in [3.05, 3.63) is 51.2 Å². The average Bonchev–Trinajstić information content (AvgIpc) is 3.31. The number of nitrogens with one attached hydrogen (secondary N) is 1. The van der Waals surface area contributed by atoms with Gasteiger partial charge in [-0.2, -0.15) is 16.9 Å². The summed E-state index contributed by atoms with van der Waals surface area (Å²) in [6.45, 7) is 0. The van der Waals surface area contributed by atoms with Crippen molar-refractivity contribution in [3.8, 4) is 0 Å². The van der Waals surface area contributed by atoms with Crippen LogP contribution >= 0.6 is 11.8 Å². The second-order valence-corrected chi connectivity index (χ2v) is 10.1. The number of hydrogen-bond acceptors (Lipinski definition) is 7. The van der Waals surface area contributed by atoms with Crippen LogP contribution < -0.4 is 5.32 Å². The normalized spacial score (nSPS) is 20.1. The second kappa shape index (κ2) is 7.21. The molecule has 1 aromatic carbocycles. The molecular weight excluding hydrogens is 404 g/mol. The SMILES string of the molecule is O=C(Cc1ccc([N+](=O)[O-])cc1)Nc1c2c(nn1C1CCS(=O)(=O)C1)CSC2. The Morgan fingerprint density at radius 3 is 2.71 bits per heavy atom. The molecule has 2 aliphatic heterocycles. The molecule has 0 saturated carbocycles. The average molecular weight is 422 g/mol. The molecule has 1 fully saturated rings.